The van der Waals surface area contributed by atoms with Crippen LogP contribution in [0.3, 0.4) is 0 Å². The van der Waals surface area contributed by atoms with E-state index in [1.165, 1.54) is 26.4 Å². The van der Waals surface area contributed by atoms with Crippen molar-refractivity contribution >= 4 is 27.6 Å². The average Bonchev–Trinajstić information content (AvgIpc) is 2.76. The first-order chi connectivity index (χ1) is 15.4. The molecular weight excluding hydrogens is 469 g/mol. The molecule has 2 aromatic carbocycles. The van der Waals surface area contributed by atoms with Crippen LogP contribution in [0.1, 0.15) is 12.5 Å². The zero-order chi connectivity index (χ0) is 24.8. The van der Waals surface area contributed by atoms with Crippen molar-refractivity contribution in [1.82, 2.24) is 4.72 Å². The summed E-state index contributed by atoms with van der Waals surface area (Å²) in [5, 5.41) is 2.44. The molecule has 0 aliphatic heterocycles. The predicted octanol–water partition coefficient (Wildman–Crippen LogP) is 2.57. The number of alkyl halides is 3. The fraction of sp³-hybridized carbons (Fsp3) is 0.300. The second kappa shape index (κ2) is 10.5. The topological polar surface area (TPSA) is 120 Å². The number of nitrogens with one attached hydrogen (secondary N) is 2. The highest BCUT2D eigenvalue weighted by atomic mass is 32.2. The van der Waals surface area contributed by atoms with Gasteiger partial charge in [-0.1, -0.05) is 12.1 Å². The quantitative estimate of drug-likeness (QED) is 0.519. The Labute approximate surface area is 187 Å². The van der Waals surface area contributed by atoms with E-state index in [0.717, 1.165) is 25.1 Å². The van der Waals surface area contributed by atoms with Gasteiger partial charge in [0.2, 0.25) is 10.0 Å². The van der Waals surface area contributed by atoms with Gasteiger partial charge in [0, 0.05) is 23.9 Å². The Hall–Kier alpha value is -3.32. The molecule has 2 rings (SSSR count). The van der Waals surface area contributed by atoms with E-state index in [-0.39, 0.29) is 5.69 Å². The third-order valence-corrected chi connectivity index (χ3v) is 5.75. The van der Waals surface area contributed by atoms with Crippen molar-refractivity contribution in [3.63, 3.8) is 0 Å². The fourth-order valence-corrected chi connectivity index (χ4v) is 4.04. The van der Waals surface area contributed by atoms with Gasteiger partial charge in [0.1, 0.15) is 17.5 Å². The van der Waals surface area contributed by atoms with E-state index in [1.807, 2.05) is 4.72 Å². The molecule has 0 saturated heterocycles. The number of halogens is 3. The number of benzene rings is 2. The van der Waals surface area contributed by atoms with Gasteiger partial charge in [-0.2, -0.15) is 17.9 Å². The summed E-state index contributed by atoms with van der Waals surface area (Å²) in [6.07, 6.45) is -4.92. The van der Waals surface area contributed by atoms with Crippen LogP contribution in [-0.4, -0.2) is 47.2 Å². The lowest BCUT2D eigenvalue weighted by Crippen LogP contribution is -2.41. The molecule has 0 saturated carbocycles. The van der Waals surface area contributed by atoms with Crippen LogP contribution < -0.4 is 19.5 Å². The largest absolute Gasteiger partial charge is 0.497 e. The van der Waals surface area contributed by atoms with Crippen LogP contribution in [0, 0.1) is 0 Å². The molecule has 33 heavy (non-hydrogen) atoms. The Bertz CT molecular complexity index is 1100. The molecule has 0 spiro atoms. The molecule has 13 heteroatoms. The van der Waals surface area contributed by atoms with Gasteiger partial charge in [0.15, 0.2) is 6.61 Å². The summed E-state index contributed by atoms with van der Waals surface area (Å²) in [6, 6.07) is 6.49. The number of amides is 1. The zero-order valence-electron chi connectivity index (χ0n) is 17.7. The number of anilines is 1. The number of ether oxygens (including phenoxy) is 3. The molecule has 9 nitrogen and oxygen atoms in total. The van der Waals surface area contributed by atoms with Gasteiger partial charge in [0.25, 0.3) is 5.91 Å². The monoisotopic (exact) mass is 490 g/mol. The zero-order valence-corrected chi connectivity index (χ0v) is 18.5. The maximum Gasteiger partial charge on any atom is 0.417 e. The highest BCUT2D eigenvalue weighted by molar-refractivity contribution is 7.89. The lowest BCUT2D eigenvalue weighted by molar-refractivity contribution is -0.148. The molecule has 2 N–H and O–H groups in total. The lowest BCUT2D eigenvalue weighted by Gasteiger charge is -2.17. The first-order valence-corrected chi connectivity index (χ1v) is 10.7. The summed E-state index contributed by atoms with van der Waals surface area (Å²) >= 11 is 0. The number of rotatable bonds is 9. The highest BCUT2D eigenvalue weighted by Crippen LogP contribution is 2.34. The van der Waals surface area contributed by atoms with Gasteiger partial charge >= 0.3 is 12.1 Å². The highest BCUT2D eigenvalue weighted by Gasteiger charge is 2.37. The van der Waals surface area contributed by atoms with Crippen molar-refractivity contribution in [3.8, 4) is 11.5 Å². The minimum Gasteiger partial charge on any atom is -0.497 e. The molecule has 2 aromatic rings. The standard InChI is InChI=1S/C20H21F3N2O7S/c1-12(25-33(28,29)17-7-5-4-6-16(17)20(21,22)23)19(27)32-11-18(26)24-13-8-14(30-2)10-15(9-13)31-3/h4-10,12,25H,11H2,1-3H3,(H,24,26). The van der Waals surface area contributed by atoms with E-state index >= 15 is 0 Å². The summed E-state index contributed by atoms with van der Waals surface area (Å²) in [7, 11) is -1.89. The van der Waals surface area contributed by atoms with Crippen molar-refractivity contribution < 1.29 is 45.4 Å². The van der Waals surface area contributed by atoms with Crippen molar-refractivity contribution in [2.24, 2.45) is 0 Å². The molecule has 0 fully saturated rings. The van der Waals surface area contributed by atoms with Crippen LogP contribution >= 0.6 is 0 Å². The van der Waals surface area contributed by atoms with Gasteiger partial charge < -0.3 is 19.5 Å². The Balaban J connectivity index is 2.01. The molecule has 0 bridgehead atoms. The van der Waals surface area contributed by atoms with Crippen LogP contribution in [0.15, 0.2) is 47.4 Å². The minimum atomic E-state index is -4.92. The maximum absolute atomic E-state index is 13.1. The maximum atomic E-state index is 13.1. The number of hydrogen-bond acceptors (Lipinski definition) is 7. The molecule has 1 unspecified atom stereocenters. The summed E-state index contributed by atoms with van der Waals surface area (Å²) in [6.45, 7) is 0.296. The smallest absolute Gasteiger partial charge is 0.417 e. The van der Waals surface area contributed by atoms with Crippen molar-refractivity contribution in [3.05, 3.63) is 48.0 Å². The van der Waals surface area contributed by atoms with E-state index in [9.17, 15) is 31.2 Å². The molecule has 0 aromatic heterocycles. The third kappa shape index (κ3) is 7.08. The first-order valence-electron chi connectivity index (χ1n) is 9.25. The summed E-state index contributed by atoms with van der Waals surface area (Å²) in [5.41, 5.74) is -1.10. The second-order valence-corrected chi connectivity index (χ2v) is 8.28. The van der Waals surface area contributed by atoms with E-state index in [2.05, 4.69) is 5.32 Å². The SMILES string of the molecule is COc1cc(NC(=O)COC(=O)C(C)NS(=O)(=O)c2ccccc2C(F)(F)F)cc(OC)c1. The van der Waals surface area contributed by atoms with Crippen molar-refractivity contribution in [2.45, 2.75) is 24.0 Å². The molecule has 0 radical (unpaired) electrons. The van der Waals surface area contributed by atoms with E-state index < -0.39 is 51.2 Å². The number of hydrogen-bond donors (Lipinski definition) is 2. The summed E-state index contributed by atoms with van der Waals surface area (Å²) < 4.78 is 80.9. The first kappa shape index (κ1) is 25.9. The molecule has 1 atom stereocenters. The molecule has 1 amide bonds. The molecule has 0 aliphatic carbocycles. The summed E-state index contributed by atoms with van der Waals surface area (Å²) in [4.78, 5) is 23.1. The fourth-order valence-electron chi connectivity index (χ4n) is 2.62. The van der Waals surface area contributed by atoms with Crippen LogP contribution in [0.5, 0.6) is 11.5 Å². The number of sulfonamides is 1. The summed E-state index contributed by atoms with van der Waals surface area (Å²) in [5.74, 6) is -1.13. The number of esters is 1. The molecule has 0 aliphatic rings. The van der Waals surface area contributed by atoms with Crippen LogP contribution in [0.4, 0.5) is 18.9 Å². The van der Waals surface area contributed by atoms with Crippen molar-refractivity contribution in [1.29, 1.82) is 0 Å². The average molecular weight is 490 g/mol. The third-order valence-electron chi connectivity index (χ3n) is 4.15. The Morgan fingerprint density at radius 2 is 1.61 bits per heavy atom. The van der Waals surface area contributed by atoms with Gasteiger partial charge in [-0.25, -0.2) is 8.42 Å². The van der Waals surface area contributed by atoms with E-state index in [0.29, 0.717) is 17.6 Å². The normalized spacial score (nSPS) is 12.5. The number of carbonyl (C=O) groups is 2. The minimum absolute atomic E-state index is 0.282. The van der Waals surface area contributed by atoms with Crippen LogP contribution in [0.25, 0.3) is 0 Å². The molecule has 0 heterocycles. The van der Waals surface area contributed by atoms with E-state index in [4.69, 9.17) is 14.2 Å². The van der Waals surface area contributed by atoms with Gasteiger partial charge in [-0.3, -0.25) is 9.59 Å². The Kier molecular flexibility index (Phi) is 8.28. The Morgan fingerprint density at radius 1 is 1.03 bits per heavy atom. The van der Waals surface area contributed by atoms with Crippen molar-refractivity contribution in [2.75, 3.05) is 26.1 Å². The van der Waals surface area contributed by atoms with Crippen LogP contribution in [0.2, 0.25) is 0 Å². The molecule has 180 valence electrons. The number of carbonyl (C=O) groups excluding carboxylic acids is 2. The predicted molar refractivity (Wildman–Crippen MR) is 110 cm³/mol. The lowest BCUT2D eigenvalue weighted by atomic mass is 10.2. The number of methoxy groups -OCH3 is 2. The van der Waals surface area contributed by atoms with Gasteiger partial charge in [-0.15, -0.1) is 0 Å². The van der Waals surface area contributed by atoms with Gasteiger partial charge in [-0.05, 0) is 19.1 Å². The Morgan fingerprint density at radius 3 is 2.15 bits per heavy atom. The molecular formula is C20H21F3N2O7S. The second-order valence-electron chi connectivity index (χ2n) is 6.59. The van der Waals surface area contributed by atoms with Crippen LogP contribution in [-0.2, 0) is 30.5 Å². The van der Waals surface area contributed by atoms with Gasteiger partial charge in [0.05, 0.1) is 24.7 Å². The van der Waals surface area contributed by atoms with E-state index in [1.54, 1.807) is 6.07 Å².